The molecular formula is C35H50F3N3O4. The van der Waals surface area contributed by atoms with E-state index in [-0.39, 0.29) is 18.7 Å². The van der Waals surface area contributed by atoms with Crippen molar-refractivity contribution in [1.82, 2.24) is 15.1 Å². The third-order valence-electron chi connectivity index (χ3n) is 8.51. The van der Waals surface area contributed by atoms with E-state index in [9.17, 15) is 27.9 Å². The third-order valence-corrected chi connectivity index (χ3v) is 8.51. The van der Waals surface area contributed by atoms with Gasteiger partial charge in [-0.3, -0.25) is 4.79 Å². The molecule has 0 radical (unpaired) electrons. The molecule has 0 aromatic heterocycles. The normalized spacial score (nSPS) is 19.9. The standard InChI is InChI=1S/C29H44F3N3O4.C6H6/c1-4-13-35(28(38)39-19-21-5-8-23(9-6-21)29(30,31)32)25-11-14-34(15-12-25)18-22-7-10-24(17-22)33-26(27(36)37)16-20(2)3;1-2-4-6-5-3-1/h5-6,8-9,20,22,24-26,33H,4,7,10-19H2,1-3H3,(H,36,37);1-6H/t22-,24?,26?;/m1./s1. The molecule has 2 aliphatic rings. The zero-order valence-corrected chi connectivity index (χ0v) is 26.8. The number of carbonyl (C=O) groups is 2. The van der Waals surface area contributed by atoms with Crippen LogP contribution in [-0.2, 0) is 22.3 Å². The molecule has 2 aromatic rings. The van der Waals surface area contributed by atoms with Crippen LogP contribution in [0, 0.1) is 11.8 Å². The second kappa shape index (κ2) is 18.1. The van der Waals surface area contributed by atoms with Gasteiger partial charge in [0, 0.05) is 38.3 Å². The number of nitrogens with one attached hydrogen (secondary N) is 1. The molecule has 1 saturated carbocycles. The Balaban J connectivity index is 0.000000821. The Kier molecular flexibility index (Phi) is 14.7. The minimum Gasteiger partial charge on any atom is -0.480 e. The number of aliphatic carboxylic acids is 1. The molecule has 2 aromatic carbocycles. The molecule has 1 aliphatic carbocycles. The number of nitrogens with zero attached hydrogens (tertiary/aromatic N) is 2. The number of hydrogen-bond donors (Lipinski definition) is 2. The Bertz CT molecular complexity index is 1110. The number of carboxylic acids is 1. The van der Waals surface area contributed by atoms with Gasteiger partial charge in [-0.05, 0) is 74.5 Å². The summed E-state index contributed by atoms with van der Waals surface area (Å²) in [5.74, 6) is 0.0863. The van der Waals surface area contributed by atoms with E-state index in [2.05, 4.69) is 10.2 Å². The first-order valence-corrected chi connectivity index (χ1v) is 16.3. The number of carbonyl (C=O) groups excluding carboxylic acids is 1. The predicted octanol–water partition coefficient (Wildman–Crippen LogP) is 7.46. The SMILES string of the molecule is CCCN(C(=O)OCc1ccc(C(F)(F)F)cc1)C1CCN(C[C@@H]2CCC(NC(CC(C)C)C(=O)O)C2)CC1.c1ccccc1. The first-order valence-electron chi connectivity index (χ1n) is 16.3. The van der Waals surface area contributed by atoms with Gasteiger partial charge in [-0.25, -0.2) is 4.79 Å². The molecule has 0 bridgehead atoms. The number of alkyl halides is 3. The van der Waals surface area contributed by atoms with E-state index in [0.29, 0.717) is 30.4 Å². The van der Waals surface area contributed by atoms with Crippen LogP contribution in [0.15, 0.2) is 60.7 Å². The third kappa shape index (κ3) is 12.7. The van der Waals surface area contributed by atoms with Gasteiger partial charge in [0.25, 0.3) is 0 Å². The van der Waals surface area contributed by atoms with E-state index in [4.69, 9.17) is 4.74 Å². The van der Waals surface area contributed by atoms with E-state index in [1.165, 1.54) is 12.1 Å². The molecule has 0 spiro atoms. The van der Waals surface area contributed by atoms with Crippen LogP contribution in [0.1, 0.15) is 76.8 Å². The van der Waals surface area contributed by atoms with Gasteiger partial charge in [0.15, 0.2) is 0 Å². The van der Waals surface area contributed by atoms with Crippen molar-refractivity contribution < 1.29 is 32.6 Å². The van der Waals surface area contributed by atoms with E-state index in [0.717, 1.165) is 70.3 Å². The lowest BCUT2D eigenvalue weighted by molar-refractivity contribution is -0.140. The number of ether oxygens (including phenoxy) is 1. The number of carboxylic acid groups (broad SMARTS) is 1. The van der Waals surface area contributed by atoms with Gasteiger partial charge in [0.1, 0.15) is 12.6 Å². The first kappa shape index (κ1) is 36.4. The topological polar surface area (TPSA) is 82.1 Å². The Morgan fingerprint density at radius 2 is 1.60 bits per heavy atom. The molecule has 1 saturated heterocycles. The summed E-state index contributed by atoms with van der Waals surface area (Å²) in [6.07, 6.45) is 1.37. The van der Waals surface area contributed by atoms with Crippen LogP contribution >= 0.6 is 0 Å². The highest BCUT2D eigenvalue weighted by molar-refractivity contribution is 5.73. The molecule has 1 heterocycles. The number of hydrogen-bond acceptors (Lipinski definition) is 5. The maximum atomic E-state index is 12.9. The summed E-state index contributed by atoms with van der Waals surface area (Å²) in [5, 5.41) is 12.9. The minimum absolute atomic E-state index is 0.0627. The van der Waals surface area contributed by atoms with Crippen LogP contribution in [-0.4, -0.2) is 71.3 Å². The largest absolute Gasteiger partial charge is 0.480 e. The Morgan fingerprint density at radius 3 is 2.11 bits per heavy atom. The molecule has 7 nitrogen and oxygen atoms in total. The molecule has 4 rings (SSSR count). The molecule has 1 aliphatic heterocycles. The molecule has 2 N–H and O–H groups in total. The number of amides is 1. The van der Waals surface area contributed by atoms with Crippen LogP contribution in [0.2, 0.25) is 0 Å². The summed E-state index contributed by atoms with van der Waals surface area (Å²) in [4.78, 5) is 28.7. The second-order valence-electron chi connectivity index (χ2n) is 12.7. The fraction of sp³-hybridized carbons (Fsp3) is 0.600. The Labute approximate surface area is 266 Å². The molecular weight excluding hydrogens is 583 g/mol. The van der Waals surface area contributed by atoms with E-state index < -0.39 is 29.8 Å². The molecule has 1 amide bonds. The predicted molar refractivity (Wildman–Crippen MR) is 170 cm³/mol. The maximum Gasteiger partial charge on any atom is 0.416 e. The Morgan fingerprint density at radius 1 is 1.00 bits per heavy atom. The van der Waals surface area contributed by atoms with E-state index >= 15 is 0 Å². The smallest absolute Gasteiger partial charge is 0.416 e. The lowest BCUT2D eigenvalue weighted by atomic mass is 10.00. The van der Waals surface area contributed by atoms with Crippen LogP contribution in [0.3, 0.4) is 0 Å². The van der Waals surface area contributed by atoms with Crippen molar-refractivity contribution in [3.8, 4) is 0 Å². The lowest BCUT2D eigenvalue weighted by Crippen LogP contribution is -2.48. The lowest BCUT2D eigenvalue weighted by Gasteiger charge is -2.38. The van der Waals surface area contributed by atoms with Crippen molar-refractivity contribution in [3.05, 3.63) is 71.8 Å². The van der Waals surface area contributed by atoms with Crippen molar-refractivity contribution in [3.63, 3.8) is 0 Å². The Hall–Kier alpha value is -3.11. The van der Waals surface area contributed by atoms with Gasteiger partial charge in [0.2, 0.25) is 0 Å². The highest BCUT2D eigenvalue weighted by atomic mass is 19.4. The average molecular weight is 634 g/mol. The van der Waals surface area contributed by atoms with Gasteiger partial charge < -0.3 is 25.0 Å². The van der Waals surface area contributed by atoms with Crippen LogP contribution in [0.25, 0.3) is 0 Å². The van der Waals surface area contributed by atoms with Gasteiger partial charge in [-0.2, -0.15) is 13.2 Å². The summed E-state index contributed by atoms with van der Waals surface area (Å²) in [5.41, 5.74) is -0.206. The molecule has 45 heavy (non-hydrogen) atoms. The van der Waals surface area contributed by atoms with Crippen LogP contribution < -0.4 is 5.32 Å². The summed E-state index contributed by atoms with van der Waals surface area (Å²) in [6, 6.07) is 16.5. The monoisotopic (exact) mass is 633 g/mol. The number of likely N-dealkylation sites (tertiary alicyclic amines) is 1. The number of benzene rings is 2. The summed E-state index contributed by atoms with van der Waals surface area (Å²) in [6.45, 7) is 9.36. The summed E-state index contributed by atoms with van der Waals surface area (Å²) >= 11 is 0. The molecule has 10 heteroatoms. The highest BCUT2D eigenvalue weighted by Crippen LogP contribution is 2.30. The second-order valence-corrected chi connectivity index (χ2v) is 12.7. The van der Waals surface area contributed by atoms with Crippen molar-refractivity contribution in [2.75, 3.05) is 26.2 Å². The van der Waals surface area contributed by atoms with Crippen molar-refractivity contribution >= 4 is 12.1 Å². The van der Waals surface area contributed by atoms with E-state index in [1.807, 2.05) is 57.2 Å². The number of rotatable bonds is 12. The van der Waals surface area contributed by atoms with Crippen LogP contribution in [0.5, 0.6) is 0 Å². The zero-order valence-electron chi connectivity index (χ0n) is 26.8. The molecule has 2 unspecified atom stereocenters. The quantitative estimate of drug-likeness (QED) is 0.253. The number of piperidine rings is 1. The van der Waals surface area contributed by atoms with Gasteiger partial charge in [-0.1, -0.05) is 69.3 Å². The van der Waals surface area contributed by atoms with Crippen LogP contribution in [0.4, 0.5) is 18.0 Å². The van der Waals surface area contributed by atoms with Crippen molar-refractivity contribution in [2.45, 2.75) is 96.6 Å². The van der Waals surface area contributed by atoms with Gasteiger partial charge >= 0.3 is 18.2 Å². The first-order chi connectivity index (χ1) is 21.5. The summed E-state index contributed by atoms with van der Waals surface area (Å²) < 4.78 is 43.8. The van der Waals surface area contributed by atoms with E-state index in [1.54, 1.807) is 4.90 Å². The molecule has 2 fully saturated rings. The summed E-state index contributed by atoms with van der Waals surface area (Å²) in [7, 11) is 0. The minimum atomic E-state index is -4.39. The highest BCUT2D eigenvalue weighted by Gasteiger charge is 2.33. The molecule has 3 atom stereocenters. The average Bonchev–Trinajstić information content (AvgIpc) is 3.46. The van der Waals surface area contributed by atoms with Gasteiger partial charge in [0.05, 0.1) is 5.56 Å². The fourth-order valence-electron chi connectivity index (χ4n) is 6.23. The van der Waals surface area contributed by atoms with Crippen molar-refractivity contribution in [2.24, 2.45) is 11.8 Å². The maximum absolute atomic E-state index is 12.9. The fourth-order valence-corrected chi connectivity index (χ4v) is 6.23. The van der Waals surface area contributed by atoms with Crippen molar-refractivity contribution in [1.29, 1.82) is 0 Å². The number of halogens is 3. The van der Waals surface area contributed by atoms with Gasteiger partial charge in [-0.15, -0.1) is 0 Å². The molecule has 250 valence electrons. The zero-order chi connectivity index (χ0) is 32.8.